The molecule has 0 bridgehead atoms. The van der Waals surface area contributed by atoms with Crippen molar-refractivity contribution in [2.45, 2.75) is 44.6 Å². The lowest BCUT2D eigenvalue weighted by Crippen LogP contribution is -2.40. The van der Waals surface area contributed by atoms with Crippen LogP contribution in [0.25, 0.3) is 11.0 Å². The summed E-state index contributed by atoms with van der Waals surface area (Å²) in [6, 6.07) is 1.31. The van der Waals surface area contributed by atoms with Crippen LogP contribution in [-0.4, -0.2) is 52.2 Å². The molecule has 2 aromatic heterocycles. The van der Waals surface area contributed by atoms with Crippen molar-refractivity contribution in [3.05, 3.63) is 18.2 Å². The molecule has 2 aromatic rings. The molecule has 1 saturated carbocycles. The molecule has 4 rings (SSSR count). The molecular formula is C22H26N6O4. The molecule has 10 heteroatoms. The highest BCUT2D eigenvalue weighted by atomic mass is 16.5. The van der Waals surface area contributed by atoms with Gasteiger partial charge in [-0.15, -0.1) is 0 Å². The van der Waals surface area contributed by atoms with Crippen LogP contribution in [0.3, 0.4) is 0 Å². The lowest BCUT2D eigenvalue weighted by molar-refractivity contribution is -0.127. The SMILES string of the molecule is COc1cncc2[nH]c(C(=O)CC(CC3CC3)C(=O)NC(C#N)CC3CCNC3=O)nc12. The molecule has 2 fully saturated rings. The third-order valence-corrected chi connectivity index (χ3v) is 6.12. The number of carbonyl (C=O) groups is 3. The maximum atomic E-state index is 13.0. The number of Topliss-reactive ketones (excluding diaryl/α,β-unsaturated/α-hetero) is 1. The number of aromatic amines is 1. The number of nitrogens with zero attached hydrogens (tertiary/aromatic N) is 3. The highest BCUT2D eigenvalue weighted by Crippen LogP contribution is 2.37. The second-order valence-electron chi connectivity index (χ2n) is 8.53. The molecule has 32 heavy (non-hydrogen) atoms. The zero-order chi connectivity index (χ0) is 22.7. The quantitative estimate of drug-likeness (QED) is 0.476. The van der Waals surface area contributed by atoms with Crippen LogP contribution in [0.1, 0.15) is 49.1 Å². The molecule has 0 aromatic carbocycles. The number of aromatic nitrogens is 3. The Hall–Kier alpha value is -3.48. The van der Waals surface area contributed by atoms with Crippen LogP contribution in [0, 0.1) is 29.1 Å². The van der Waals surface area contributed by atoms with Crippen LogP contribution in [-0.2, 0) is 9.59 Å². The minimum atomic E-state index is -0.769. The number of pyridine rings is 1. The van der Waals surface area contributed by atoms with Crippen molar-refractivity contribution in [2.24, 2.45) is 17.8 Å². The number of carbonyl (C=O) groups excluding carboxylic acids is 3. The van der Waals surface area contributed by atoms with E-state index in [-0.39, 0.29) is 42.2 Å². The first-order valence-corrected chi connectivity index (χ1v) is 10.9. The highest BCUT2D eigenvalue weighted by Gasteiger charge is 2.34. The maximum absolute atomic E-state index is 13.0. The van der Waals surface area contributed by atoms with E-state index >= 15 is 0 Å². The van der Waals surface area contributed by atoms with E-state index in [0.717, 1.165) is 12.8 Å². The summed E-state index contributed by atoms with van der Waals surface area (Å²) in [7, 11) is 1.50. The summed E-state index contributed by atoms with van der Waals surface area (Å²) in [6.45, 7) is 0.589. The van der Waals surface area contributed by atoms with E-state index in [4.69, 9.17) is 4.74 Å². The molecule has 2 amide bonds. The van der Waals surface area contributed by atoms with E-state index in [1.54, 1.807) is 6.20 Å². The number of hydrogen-bond donors (Lipinski definition) is 3. The number of fused-ring (bicyclic) bond motifs is 1. The predicted octanol–water partition coefficient (Wildman–Crippen LogP) is 1.49. The standard InChI is InChI=1S/C22H26N6O4/c1-32-18-11-24-10-16-19(18)28-20(27-16)17(29)8-14(6-12-2-3-12)22(31)26-15(9-23)7-13-4-5-25-21(13)30/h10-15H,2-8H2,1H3,(H,25,30)(H,26,31)(H,27,28). The summed E-state index contributed by atoms with van der Waals surface area (Å²) in [5.41, 5.74) is 1.09. The van der Waals surface area contributed by atoms with Crippen LogP contribution >= 0.6 is 0 Å². The number of rotatable bonds is 10. The maximum Gasteiger partial charge on any atom is 0.224 e. The molecular weight excluding hydrogens is 412 g/mol. The Kier molecular flexibility index (Phi) is 6.35. The molecule has 3 heterocycles. The van der Waals surface area contributed by atoms with Gasteiger partial charge in [-0.3, -0.25) is 19.4 Å². The Morgan fingerprint density at radius 2 is 2.12 bits per heavy atom. The van der Waals surface area contributed by atoms with Crippen molar-refractivity contribution in [2.75, 3.05) is 13.7 Å². The van der Waals surface area contributed by atoms with Crippen molar-refractivity contribution in [1.82, 2.24) is 25.6 Å². The van der Waals surface area contributed by atoms with Crippen molar-refractivity contribution in [1.29, 1.82) is 5.26 Å². The van der Waals surface area contributed by atoms with Gasteiger partial charge in [-0.2, -0.15) is 5.26 Å². The number of H-pyrrole nitrogens is 1. The van der Waals surface area contributed by atoms with Crippen LogP contribution in [0.2, 0.25) is 0 Å². The summed E-state index contributed by atoms with van der Waals surface area (Å²) in [4.78, 5) is 49.1. The lowest BCUT2D eigenvalue weighted by atomic mass is 9.93. The Labute approximate surface area is 185 Å². The fraction of sp³-hybridized carbons (Fsp3) is 0.545. The third kappa shape index (κ3) is 4.88. The number of amides is 2. The van der Waals surface area contributed by atoms with Crippen molar-refractivity contribution in [3.8, 4) is 11.8 Å². The van der Waals surface area contributed by atoms with Gasteiger partial charge in [0.2, 0.25) is 11.8 Å². The molecule has 3 N–H and O–H groups in total. The zero-order valence-corrected chi connectivity index (χ0v) is 17.9. The van der Waals surface area contributed by atoms with E-state index < -0.39 is 12.0 Å². The van der Waals surface area contributed by atoms with Crippen LogP contribution < -0.4 is 15.4 Å². The number of ketones is 1. The molecule has 2 aliphatic rings. The average Bonchev–Trinajstić information content (AvgIpc) is 3.35. The predicted molar refractivity (Wildman–Crippen MR) is 113 cm³/mol. The number of nitriles is 1. The number of hydrogen-bond acceptors (Lipinski definition) is 7. The monoisotopic (exact) mass is 438 g/mol. The molecule has 3 unspecified atom stereocenters. The molecule has 0 radical (unpaired) electrons. The summed E-state index contributed by atoms with van der Waals surface area (Å²) < 4.78 is 5.24. The number of imidazole rings is 1. The van der Waals surface area contributed by atoms with E-state index in [2.05, 4.69) is 31.7 Å². The highest BCUT2D eigenvalue weighted by molar-refractivity contribution is 5.98. The van der Waals surface area contributed by atoms with Gasteiger partial charge in [0.05, 0.1) is 31.1 Å². The second kappa shape index (κ2) is 9.34. The molecule has 168 valence electrons. The van der Waals surface area contributed by atoms with E-state index in [9.17, 15) is 19.6 Å². The molecule has 10 nitrogen and oxygen atoms in total. The van der Waals surface area contributed by atoms with E-state index in [1.807, 2.05) is 0 Å². The van der Waals surface area contributed by atoms with Gasteiger partial charge in [0.15, 0.2) is 17.4 Å². The first kappa shape index (κ1) is 21.7. The Morgan fingerprint density at radius 1 is 1.31 bits per heavy atom. The van der Waals surface area contributed by atoms with Crippen LogP contribution in [0.5, 0.6) is 5.75 Å². The Balaban J connectivity index is 1.44. The van der Waals surface area contributed by atoms with Crippen molar-refractivity contribution < 1.29 is 19.1 Å². The molecule has 3 atom stereocenters. The zero-order valence-electron chi connectivity index (χ0n) is 17.9. The topological polar surface area (TPSA) is 150 Å². The minimum Gasteiger partial charge on any atom is -0.493 e. The Morgan fingerprint density at radius 3 is 2.78 bits per heavy atom. The minimum absolute atomic E-state index is 0.0139. The smallest absolute Gasteiger partial charge is 0.224 e. The van der Waals surface area contributed by atoms with E-state index in [1.165, 1.54) is 13.3 Å². The lowest BCUT2D eigenvalue weighted by Gasteiger charge is -2.19. The molecule has 1 aliphatic carbocycles. The second-order valence-corrected chi connectivity index (χ2v) is 8.53. The Bertz CT molecular complexity index is 1070. The largest absolute Gasteiger partial charge is 0.493 e. The average molecular weight is 438 g/mol. The molecule has 0 spiro atoms. The summed E-state index contributed by atoms with van der Waals surface area (Å²) in [5.74, 6) is -0.506. The van der Waals surface area contributed by atoms with E-state index in [0.29, 0.717) is 42.1 Å². The van der Waals surface area contributed by atoms with Gasteiger partial charge in [0.1, 0.15) is 11.6 Å². The van der Waals surface area contributed by atoms with Gasteiger partial charge in [0, 0.05) is 24.8 Å². The van der Waals surface area contributed by atoms with Gasteiger partial charge in [-0.1, -0.05) is 12.8 Å². The van der Waals surface area contributed by atoms with Crippen LogP contribution in [0.15, 0.2) is 12.4 Å². The van der Waals surface area contributed by atoms with Crippen LogP contribution in [0.4, 0.5) is 0 Å². The molecule has 1 saturated heterocycles. The van der Waals surface area contributed by atoms with Gasteiger partial charge in [-0.25, -0.2) is 4.98 Å². The van der Waals surface area contributed by atoms with Gasteiger partial charge < -0.3 is 20.4 Å². The number of methoxy groups -OCH3 is 1. The van der Waals surface area contributed by atoms with Crippen molar-refractivity contribution in [3.63, 3.8) is 0 Å². The third-order valence-electron chi connectivity index (χ3n) is 6.12. The fourth-order valence-corrected chi connectivity index (χ4v) is 4.14. The van der Waals surface area contributed by atoms with Gasteiger partial charge >= 0.3 is 0 Å². The van der Waals surface area contributed by atoms with Crippen molar-refractivity contribution >= 4 is 28.6 Å². The van der Waals surface area contributed by atoms with Gasteiger partial charge in [0.25, 0.3) is 0 Å². The fourth-order valence-electron chi connectivity index (χ4n) is 4.14. The first-order chi connectivity index (χ1) is 15.5. The summed E-state index contributed by atoms with van der Waals surface area (Å²) >= 11 is 0. The molecule has 1 aliphatic heterocycles. The number of nitrogens with one attached hydrogen (secondary N) is 3. The summed E-state index contributed by atoms with van der Waals surface area (Å²) in [6.07, 6.45) is 6.66. The normalized spacial score (nSPS) is 19.8. The van der Waals surface area contributed by atoms with Gasteiger partial charge in [-0.05, 0) is 25.2 Å². The first-order valence-electron chi connectivity index (χ1n) is 10.9. The number of ether oxygens (including phenoxy) is 1. The summed E-state index contributed by atoms with van der Waals surface area (Å²) in [5, 5.41) is 15.0.